The smallest absolute Gasteiger partial charge is 0.328 e. The Morgan fingerprint density at radius 3 is 2.68 bits per heavy atom. The van der Waals surface area contributed by atoms with Crippen molar-refractivity contribution in [2.24, 2.45) is 11.7 Å². The van der Waals surface area contributed by atoms with Crippen LogP contribution in [0.15, 0.2) is 35.9 Å². The van der Waals surface area contributed by atoms with Crippen molar-refractivity contribution in [2.45, 2.75) is 37.1 Å². The van der Waals surface area contributed by atoms with Gasteiger partial charge in [0.05, 0.1) is 6.04 Å². The Hall–Kier alpha value is -0.990. The highest BCUT2D eigenvalue weighted by Crippen LogP contribution is 2.42. The third kappa shape index (κ3) is 5.54. The van der Waals surface area contributed by atoms with Gasteiger partial charge in [-0.1, -0.05) is 51.4 Å². The number of carbonyl (C=O) groups excluding carboxylic acids is 1. The third-order valence-electron chi connectivity index (χ3n) is 4.99. The normalized spacial score (nSPS) is 24.4. The van der Waals surface area contributed by atoms with Crippen molar-refractivity contribution in [3.05, 3.63) is 46.5 Å². The molecule has 2 aliphatic rings. The molecule has 1 aliphatic carbocycles. The van der Waals surface area contributed by atoms with Gasteiger partial charge in [-0.3, -0.25) is 9.69 Å². The summed E-state index contributed by atoms with van der Waals surface area (Å²) < 4.78 is 0. The van der Waals surface area contributed by atoms with E-state index in [2.05, 4.69) is 4.90 Å². The Morgan fingerprint density at radius 2 is 2.04 bits per heavy atom. The van der Waals surface area contributed by atoms with Crippen molar-refractivity contribution in [1.29, 1.82) is 0 Å². The minimum atomic E-state index is -1.00. The summed E-state index contributed by atoms with van der Waals surface area (Å²) in [5, 5.41) is 10.1. The quantitative estimate of drug-likeness (QED) is 0.344. The number of likely N-dealkylation sites (tertiary alicyclic amines) is 1. The molecule has 2 atom stereocenters. The summed E-state index contributed by atoms with van der Waals surface area (Å²) in [6, 6.07) is 7.11. The van der Waals surface area contributed by atoms with Crippen LogP contribution in [-0.2, 0) is 16.1 Å². The number of rotatable bonds is 9. The number of hydrogen-bond donors (Lipinski definition) is 2. The zero-order valence-corrected chi connectivity index (χ0v) is 17.9. The Bertz CT molecular complexity index is 755. The molecular weight excluding hydrogens is 416 g/mol. The molecule has 0 radical (unpaired) electrons. The molecule has 28 heavy (non-hydrogen) atoms. The van der Waals surface area contributed by atoms with Crippen molar-refractivity contribution in [3.8, 4) is 0 Å². The van der Waals surface area contributed by atoms with E-state index in [4.69, 9.17) is 17.3 Å². The number of halogens is 1. The zero-order valence-electron chi connectivity index (χ0n) is 15.6. The molecule has 0 amide bonds. The molecule has 1 aromatic rings. The average molecular weight is 441 g/mol. The van der Waals surface area contributed by atoms with Gasteiger partial charge in [-0.15, -0.1) is 0 Å². The van der Waals surface area contributed by atoms with Crippen LogP contribution in [0.5, 0.6) is 0 Å². The molecule has 2 unspecified atom stereocenters. The molecule has 3 N–H and O–H groups in total. The van der Waals surface area contributed by atoms with Gasteiger partial charge in [0.1, 0.15) is 0 Å². The highest BCUT2D eigenvalue weighted by atomic mass is 35.5. The van der Waals surface area contributed by atoms with Gasteiger partial charge in [-0.25, -0.2) is 4.79 Å². The van der Waals surface area contributed by atoms with E-state index in [-0.39, 0.29) is 17.0 Å². The molecule has 3 rings (SSSR count). The van der Waals surface area contributed by atoms with E-state index in [1.807, 2.05) is 24.3 Å². The summed E-state index contributed by atoms with van der Waals surface area (Å²) in [7, 11) is 3.28. The molecule has 1 heterocycles. The molecule has 1 saturated carbocycles. The third-order valence-corrected chi connectivity index (χ3v) is 8.24. The Kier molecular flexibility index (Phi) is 7.88. The molecule has 1 saturated heterocycles. The first-order valence-corrected chi connectivity index (χ1v) is 12.2. The lowest BCUT2D eigenvalue weighted by molar-refractivity contribution is -0.131. The van der Waals surface area contributed by atoms with Crippen LogP contribution in [-0.4, -0.2) is 51.9 Å². The van der Waals surface area contributed by atoms with Crippen molar-refractivity contribution in [3.63, 3.8) is 0 Å². The first-order chi connectivity index (χ1) is 13.5. The molecule has 1 aromatic carbocycles. The molecule has 1 aliphatic heterocycles. The second-order valence-electron chi connectivity index (χ2n) is 7.11. The van der Waals surface area contributed by atoms with Crippen molar-refractivity contribution < 1.29 is 14.7 Å². The number of carboxylic acids is 1. The second kappa shape index (κ2) is 10.2. The van der Waals surface area contributed by atoms with Gasteiger partial charge >= 0.3 is 5.97 Å². The van der Waals surface area contributed by atoms with Gasteiger partial charge in [-0.2, -0.15) is 0 Å². The largest absolute Gasteiger partial charge is 0.478 e. The maximum Gasteiger partial charge on any atom is 0.328 e. The molecular formula is C20H25ClN2O3S2. The minimum Gasteiger partial charge on any atom is -0.478 e. The Balaban J connectivity index is 1.88. The van der Waals surface area contributed by atoms with E-state index < -0.39 is 12.0 Å². The van der Waals surface area contributed by atoms with E-state index in [1.54, 1.807) is 21.6 Å². The van der Waals surface area contributed by atoms with Gasteiger partial charge in [-0.05, 0) is 36.5 Å². The number of Topliss-reactive ketones (excluding diaryl/α,β-unsaturated/α-hetero) is 1. The van der Waals surface area contributed by atoms with Gasteiger partial charge in [0.2, 0.25) is 0 Å². The second-order valence-corrected chi connectivity index (χ2v) is 10.2. The predicted molar refractivity (Wildman–Crippen MR) is 117 cm³/mol. The zero-order chi connectivity index (χ0) is 20.1. The summed E-state index contributed by atoms with van der Waals surface area (Å²) in [4.78, 5) is 26.8. The Labute approximate surface area is 178 Å². The average Bonchev–Trinajstić information content (AvgIpc) is 3.50. The number of nitrogens with zero attached hydrogens (tertiary/aromatic N) is 1. The minimum absolute atomic E-state index is 0.00263. The number of aliphatic carboxylic acids is 1. The first kappa shape index (κ1) is 21.7. The van der Waals surface area contributed by atoms with Crippen LogP contribution in [0.3, 0.4) is 0 Å². The van der Waals surface area contributed by atoms with Crippen LogP contribution >= 0.6 is 33.2 Å². The number of carbonyl (C=O) groups is 2. The van der Waals surface area contributed by atoms with Crippen LogP contribution in [0, 0.1) is 5.92 Å². The van der Waals surface area contributed by atoms with Crippen LogP contribution in [0.4, 0.5) is 0 Å². The van der Waals surface area contributed by atoms with E-state index in [9.17, 15) is 14.7 Å². The molecule has 5 nitrogen and oxygen atoms in total. The van der Waals surface area contributed by atoms with Crippen LogP contribution in [0.2, 0.25) is 5.02 Å². The van der Waals surface area contributed by atoms with E-state index in [1.165, 1.54) is 6.08 Å². The van der Waals surface area contributed by atoms with Crippen molar-refractivity contribution in [2.75, 3.05) is 18.8 Å². The van der Waals surface area contributed by atoms with E-state index in [0.717, 1.165) is 37.1 Å². The topological polar surface area (TPSA) is 83.6 Å². The first-order valence-electron chi connectivity index (χ1n) is 9.45. The monoisotopic (exact) mass is 440 g/mol. The van der Waals surface area contributed by atoms with Crippen molar-refractivity contribution >= 4 is 44.9 Å². The fraction of sp³-hybridized carbons (Fsp3) is 0.500. The van der Waals surface area contributed by atoms with Gasteiger partial charge in [0, 0.05) is 47.7 Å². The van der Waals surface area contributed by atoms with Gasteiger partial charge in [0.25, 0.3) is 0 Å². The number of benzene rings is 1. The molecule has 0 spiro atoms. The SMILES string of the molecule is NCCSSC1CCN(Cc2ccccc2Cl)C(C(=O)C2CC2)/C1=C/C(=O)O. The lowest BCUT2D eigenvalue weighted by Gasteiger charge is -2.40. The fourth-order valence-electron chi connectivity index (χ4n) is 3.51. The summed E-state index contributed by atoms with van der Waals surface area (Å²) >= 11 is 6.34. The van der Waals surface area contributed by atoms with Crippen LogP contribution in [0.25, 0.3) is 0 Å². The molecule has 0 aromatic heterocycles. The molecule has 8 heteroatoms. The standard InChI is InChI=1S/C20H25ClN2O3S2/c21-16-4-2-1-3-14(16)12-23-9-7-17(28-27-10-8-22)15(11-18(24)25)19(23)20(26)13-5-6-13/h1-4,11,13,17,19H,5-10,12,22H2,(H,24,25)/b15-11+. The van der Waals surface area contributed by atoms with Crippen LogP contribution < -0.4 is 5.73 Å². The fourth-order valence-corrected chi connectivity index (χ4v) is 6.27. The number of piperidine rings is 1. The lowest BCUT2D eigenvalue weighted by atomic mass is 9.89. The highest BCUT2D eigenvalue weighted by molar-refractivity contribution is 8.77. The summed E-state index contributed by atoms with van der Waals surface area (Å²) in [6.45, 7) is 1.84. The maximum absolute atomic E-state index is 13.2. The number of ketones is 1. The number of hydrogen-bond acceptors (Lipinski definition) is 6. The Morgan fingerprint density at radius 1 is 1.29 bits per heavy atom. The number of carboxylic acid groups (broad SMARTS) is 1. The number of nitrogens with two attached hydrogens (primary N) is 1. The predicted octanol–water partition coefficient (Wildman–Crippen LogP) is 3.61. The van der Waals surface area contributed by atoms with E-state index >= 15 is 0 Å². The van der Waals surface area contributed by atoms with E-state index in [0.29, 0.717) is 23.7 Å². The summed E-state index contributed by atoms with van der Waals surface area (Å²) in [5.41, 5.74) is 7.25. The molecule has 2 fully saturated rings. The van der Waals surface area contributed by atoms with Gasteiger partial charge < -0.3 is 10.8 Å². The summed E-state index contributed by atoms with van der Waals surface area (Å²) in [6.07, 6.45) is 3.84. The highest BCUT2D eigenvalue weighted by Gasteiger charge is 2.44. The molecule has 152 valence electrons. The van der Waals surface area contributed by atoms with Gasteiger partial charge in [0.15, 0.2) is 5.78 Å². The maximum atomic E-state index is 13.2. The molecule has 0 bridgehead atoms. The van der Waals surface area contributed by atoms with Crippen molar-refractivity contribution in [1.82, 2.24) is 4.90 Å². The summed E-state index contributed by atoms with van der Waals surface area (Å²) in [5.74, 6) is -0.00536. The lowest BCUT2D eigenvalue weighted by Crippen LogP contribution is -2.50. The van der Waals surface area contributed by atoms with Crippen LogP contribution in [0.1, 0.15) is 24.8 Å².